The van der Waals surface area contributed by atoms with Gasteiger partial charge in [0.15, 0.2) is 0 Å². The lowest BCUT2D eigenvalue weighted by Crippen LogP contribution is -2.48. The summed E-state index contributed by atoms with van der Waals surface area (Å²) in [4.78, 5) is 2.61. The predicted molar refractivity (Wildman–Crippen MR) is 79.9 cm³/mol. The highest BCUT2D eigenvalue weighted by Crippen LogP contribution is 2.36. The fourth-order valence-electron chi connectivity index (χ4n) is 3.54. The highest BCUT2D eigenvalue weighted by molar-refractivity contribution is 5.30. The van der Waals surface area contributed by atoms with E-state index in [-0.39, 0.29) is 0 Å². The fourth-order valence-corrected chi connectivity index (χ4v) is 3.54. The van der Waals surface area contributed by atoms with E-state index in [2.05, 4.69) is 44.2 Å². The van der Waals surface area contributed by atoms with Gasteiger partial charge < -0.3 is 4.74 Å². The summed E-state index contributed by atoms with van der Waals surface area (Å²) in [6.45, 7) is 15.3. The topological polar surface area (TPSA) is 30.3 Å². The monoisotopic (exact) mass is 277 g/mol. The molecule has 0 spiro atoms. The van der Waals surface area contributed by atoms with Crippen molar-refractivity contribution < 1.29 is 4.74 Å². The molecular weight excluding hydrogens is 250 g/mol. The summed E-state index contributed by atoms with van der Waals surface area (Å²) in [5, 5.41) is 4.81. The van der Waals surface area contributed by atoms with Crippen LogP contribution in [-0.4, -0.2) is 40.5 Å². The summed E-state index contributed by atoms with van der Waals surface area (Å²) in [5.41, 5.74) is 4.44. The van der Waals surface area contributed by atoms with Crippen LogP contribution in [0.2, 0.25) is 0 Å². The van der Waals surface area contributed by atoms with Gasteiger partial charge in [-0.05, 0) is 30.9 Å². The number of likely N-dealkylation sites (N-methyl/N-ethyl adjacent to an activating group) is 1. The van der Waals surface area contributed by atoms with E-state index in [9.17, 15) is 0 Å². The Bertz CT molecular complexity index is 497. The maximum atomic E-state index is 5.34. The summed E-state index contributed by atoms with van der Waals surface area (Å²) in [6, 6.07) is 1.07. The Labute approximate surface area is 122 Å². The van der Waals surface area contributed by atoms with Gasteiger partial charge in [0, 0.05) is 12.6 Å². The standard InChI is InChI=1S/C16H27N3O/c1-6-18-8-14-13(7-15(18)16(3,4)5)11(2)17-19(14)12-9-20-10-12/h12,15H,6-10H2,1-5H3. The quantitative estimate of drug-likeness (QED) is 0.832. The number of aryl methyl sites for hydroxylation is 1. The third-order valence-electron chi connectivity index (χ3n) is 4.88. The second-order valence-electron chi connectivity index (χ2n) is 7.30. The minimum Gasteiger partial charge on any atom is -0.377 e. The number of rotatable bonds is 2. The first-order valence-electron chi connectivity index (χ1n) is 7.80. The third kappa shape index (κ3) is 2.19. The van der Waals surface area contributed by atoms with E-state index in [4.69, 9.17) is 9.84 Å². The van der Waals surface area contributed by atoms with Crippen LogP contribution in [0.25, 0.3) is 0 Å². The van der Waals surface area contributed by atoms with Crippen molar-refractivity contribution in [2.75, 3.05) is 19.8 Å². The van der Waals surface area contributed by atoms with E-state index in [0.29, 0.717) is 17.5 Å². The maximum absolute atomic E-state index is 5.34. The van der Waals surface area contributed by atoms with Crippen LogP contribution in [0.5, 0.6) is 0 Å². The number of hydrogen-bond donors (Lipinski definition) is 0. The van der Waals surface area contributed by atoms with Crippen molar-refractivity contribution in [3.05, 3.63) is 17.0 Å². The molecule has 0 aliphatic carbocycles. The summed E-state index contributed by atoms with van der Waals surface area (Å²) >= 11 is 0. The lowest BCUT2D eigenvalue weighted by molar-refractivity contribution is -0.0319. The molecule has 0 amide bonds. The van der Waals surface area contributed by atoms with E-state index >= 15 is 0 Å². The van der Waals surface area contributed by atoms with Crippen LogP contribution in [0.15, 0.2) is 0 Å². The van der Waals surface area contributed by atoms with Gasteiger partial charge in [0.2, 0.25) is 0 Å². The molecule has 1 atom stereocenters. The lowest BCUT2D eigenvalue weighted by atomic mass is 9.79. The summed E-state index contributed by atoms with van der Waals surface area (Å²) in [5.74, 6) is 0. The Hall–Kier alpha value is -0.870. The van der Waals surface area contributed by atoms with Gasteiger partial charge in [0.1, 0.15) is 0 Å². The van der Waals surface area contributed by atoms with Crippen LogP contribution in [0.3, 0.4) is 0 Å². The Kier molecular flexibility index (Phi) is 3.41. The molecule has 1 aromatic heterocycles. The Morgan fingerprint density at radius 3 is 2.50 bits per heavy atom. The first-order chi connectivity index (χ1) is 9.41. The van der Waals surface area contributed by atoms with Gasteiger partial charge in [0.05, 0.1) is 30.6 Å². The van der Waals surface area contributed by atoms with Crippen LogP contribution in [0.1, 0.15) is 50.7 Å². The van der Waals surface area contributed by atoms with Gasteiger partial charge in [-0.25, -0.2) is 0 Å². The molecule has 0 saturated carbocycles. The fraction of sp³-hybridized carbons (Fsp3) is 0.812. The van der Waals surface area contributed by atoms with Crippen molar-refractivity contribution in [2.24, 2.45) is 5.41 Å². The molecule has 3 rings (SSSR count). The van der Waals surface area contributed by atoms with Crippen molar-refractivity contribution in [2.45, 2.75) is 59.7 Å². The van der Waals surface area contributed by atoms with Crippen LogP contribution in [0, 0.1) is 12.3 Å². The molecule has 0 bridgehead atoms. The van der Waals surface area contributed by atoms with Crippen LogP contribution in [0.4, 0.5) is 0 Å². The van der Waals surface area contributed by atoms with Crippen LogP contribution >= 0.6 is 0 Å². The summed E-state index contributed by atoms with van der Waals surface area (Å²) in [7, 11) is 0. The summed E-state index contributed by atoms with van der Waals surface area (Å²) in [6.07, 6.45) is 1.13. The zero-order valence-electron chi connectivity index (χ0n) is 13.4. The Morgan fingerprint density at radius 1 is 1.30 bits per heavy atom. The number of ether oxygens (including phenoxy) is 1. The molecule has 2 aliphatic rings. The number of hydrogen-bond acceptors (Lipinski definition) is 3. The largest absolute Gasteiger partial charge is 0.377 e. The molecule has 4 heteroatoms. The van der Waals surface area contributed by atoms with Gasteiger partial charge in [-0.1, -0.05) is 27.7 Å². The zero-order valence-corrected chi connectivity index (χ0v) is 13.4. The van der Waals surface area contributed by atoms with E-state index in [1.54, 1.807) is 0 Å². The van der Waals surface area contributed by atoms with Crippen LogP contribution < -0.4 is 0 Å². The lowest BCUT2D eigenvalue weighted by Gasteiger charge is -2.43. The first kappa shape index (κ1) is 14.1. The average Bonchev–Trinajstić information content (AvgIpc) is 2.62. The average molecular weight is 277 g/mol. The predicted octanol–water partition coefficient (Wildman–Crippen LogP) is 2.56. The van der Waals surface area contributed by atoms with E-state index in [0.717, 1.165) is 32.7 Å². The number of aromatic nitrogens is 2. The SMILES string of the molecule is CCN1Cc2c(c(C)nn2C2COC2)CC1C(C)(C)C. The second kappa shape index (κ2) is 4.85. The molecule has 1 unspecified atom stereocenters. The first-order valence-corrected chi connectivity index (χ1v) is 7.80. The molecular formula is C16H27N3O. The van der Waals surface area contributed by atoms with E-state index in [1.807, 2.05) is 0 Å². The molecule has 0 aromatic carbocycles. The molecule has 1 saturated heterocycles. The minimum absolute atomic E-state index is 0.307. The van der Waals surface area contributed by atoms with Crippen molar-refractivity contribution in [3.8, 4) is 0 Å². The van der Waals surface area contributed by atoms with Crippen molar-refractivity contribution in [1.82, 2.24) is 14.7 Å². The van der Waals surface area contributed by atoms with Gasteiger partial charge >= 0.3 is 0 Å². The third-order valence-corrected chi connectivity index (χ3v) is 4.88. The minimum atomic E-state index is 0.307. The number of nitrogens with zero attached hydrogens (tertiary/aromatic N) is 3. The molecule has 20 heavy (non-hydrogen) atoms. The Balaban J connectivity index is 1.96. The smallest absolute Gasteiger partial charge is 0.0989 e. The van der Waals surface area contributed by atoms with E-state index in [1.165, 1.54) is 17.0 Å². The molecule has 0 radical (unpaired) electrons. The van der Waals surface area contributed by atoms with Crippen molar-refractivity contribution in [3.63, 3.8) is 0 Å². The molecule has 1 aromatic rings. The van der Waals surface area contributed by atoms with Gasteiger partial charge in [-0.15, -0.1) is 0 Å². The summed E-state index contributed by atoms with van der Waals surface area (Å²) < 4.78 is 7.59. The normalized spacial score (nSPS) is 24.6. The number of fused-ring (bicyclic) bond motifs is 1. The van der Waals surface area contributed by atoms with Gasteiger partial charge in [-0.3, -0.25) is 9.58 Å². The zero-order chi connectivity index (χ0) is 14.5. The van der Waals surface area contributed by atoms with Crippen molar-refractivity contribution >= 4 is 0 Å². The van der Waals surface area contributed by atoms with E-state index < -0.39 is 0 Å². The molecule has 1 fully saturated rings. The molecule has 0 N–H and O–H groups in total. The second-order valence-corrected chi connectivity index (χ2v) is 7.30. The highest BCUT2D eigenvalue weighted by Gasteiger charge is 2.38. The molecule has 2 aliphatic heterocycles. The van der Waals surface area contributed by atoms with Gasteiger partial charge in [0.25, 0.3) is 0 Å². The molecule has 3 heterocycles. The van der Waals surface area contributed by atoms with Gasteiger partial charge in [-0.2, -0.15) is 5.10 Å². The highest BCUT2D eigenvalue weighted by atomic mass is 16.5. The Morgan fingerprint density at radius 2 is 2.00 bits per heavy atom. The molecule has 112 valence electrons. The molecule has 4 nitrogen and oxygen atoms in total. The van der Waals surface area contributed by atoms with Crippen molar-refractivity contribution in [1.29, 1.82) is 0 Å². The maximum Gasteiger partial charge on any atom is 0.0989 e. The van der Waals surface area contributed by atoms with Crippen LogP contribution in [-0.2, 0) is 17.7 Å².